The summed E-state index contributed by atoms with van der Waals surface area (Å²) in [5.74, 6) is 0.0871. The van der Waals surface area contributed by atoms with Crippen molar-refractivity contribution in [3.63, 3.8) is 0 Å². The van der Waals surface area contributed by atoms with Gasteiger partial charge in [0.2, 0.25) is 0 Å². The van der Waals surface area contributed by atoms with Crippen LogP contribution in [0.4, 0.5) is 0 Å². The number of carbonyl (C=O) groups is 2. The van der Waals surface area contributed by atoms with Gasteiger partial charge in [0.15, 0.2) is 11.6 Å². The van der Waals surface area contributed by atoms with Gasteiger partial charge in [-0.1, -0.05) is 72.8 Å². The van der Waals surface area contributed by atoms with Crippen molar-refractivity contribution in [3.8, 4) is 33.5 Å². The van der Waals surface area contributed by atoms with E-state index < -0.39 is 0 Å². The number of hydrogen-bond acceptors (Lipinski definition) is 4. The molecule has 8 rings (SSSR count). The molecule has 0 unspecified atom stereocenters. The van der Waals surface area contributed by atoms with Crippen molar-refractivity contribution < 1.29 is 9.59 Å². The predicted molar refractivity (Wildman–Crippen MR) is 140 cm³/mol. The lowest BCUT2D eigenvalue weighted by Gasteiger charge is -2.21. The highest BCUT2D eigenvalue weighted by Gasteiger charge is 2.30. The van der Waals surface area contributed by atoms with Crippen LogP contribution in [-0.2, 0) is 0 Å². The van der Waals surface area contributed by atoms with Crippen molar-refractivity contribution in [2.24, 2.45) is 0 Å². The van der Waals surface area contributed by atoms with Gasteiger partial charge >= 0.3 is 0 Å². The fraction of sp³-hybridized carbons (Fsp3) is 0. The van der Waals surface area contributed by atoms with Crippen LogP contribution in [0.5, 0.6) is 0 Å². The zero-order chi connectivity index (χ0) is 23.3. The summed E-state index contributed by atoms with van der Waals surface area (Å²) in [4.78, 5) is 26.8. The molecule has 0 saturated heterocycles. The summed E-state index contributed by atoms with van der Waals surface area (Å²) in [5, 5.41) is 2.95. The molecule has 2 aliphatic carbocycles. The molecule has 5 aromatic carbocycles. The van der Waals surface area contributed by atoms with Crippen molar-refractivity contribution in [3.05, 3.63) is 113 Å². The van der Waals surface area contributed by atoms with Gasteiger partial charge in [-0.15, -0.1) is 0 Å². The highest BCUT2D eigenvalue weighted by atomic mass is 32.1. The van der Waals surface area contributed by atoms with E-state index in [0.717, 1.165) is 65.5 Å². The van der Waals surface area contributed by atoms with E-state index in [-0.39, 0.29) is 11.6 Å². The molecule has 6 aromatic rings. The molecule has 162 valence electrons. The van der Waals surface area contributed by atoms with Crippen LogP contribution in [0.15, 0.2) is 91.0 Å². The van der Waals surface area contributed by atoms with Gasteiger partial charge in [-0.2, -0.15) is 4.37 Å². The minimum Gasteiger partial charge on any atom is -0.289 e. The van der Waals surface area contributed by atoms with Gasteiger partial charge in [-0.05, 0) is 51.8 Å². The van der Waals surface area contributed by atoms with Crippen LogP contribution in [-0.4, -0.2) is 15.9 Å². The van der Waals surface area contributed by atoms with Crippen molar-refractivity contribution >= 4 is 44.0 Å². The lowest BCUT2D eigenvalue weighted by atomic mass is 9.81. The van der Waals surface area contributed by atoms with Crippen LogP contribution in [0, 0.1) is 0 Å². The Hall–Kier alpha value is -4.41. The van der Waals surface area contributed by atoms with Crippen molar-refractivity contribution in [2.45, 2.75) is 0 Å². The topological polar surface area (TPSA) is 47.0 Å². The van der Waals surface area contributed by atoms with Gasteiger partial charge in [0.1, 0.15) is 0 Å². The molecule has 0 radical (unpaired) electrons. The Kier molecular flexibility index (Phi) is 3.57. The van der Waals surface area contributed by atoms with E-state index in [1.807, 2.05) is 66.7 Å². The van der Waals surface area contributed by atoms with Crippen LogP contribution < -0.4 is 0 Å². The minimum absolute atomic E-state index is 0.0369. The van der Waals surface area contributed by atoms with Gasteiger partial charge in [0, 0.05) is 44.2 Å². The van der Waals surface area contributed by atoms with Crippen LogP contribution >= 0.6 is 11.5 Å². The van der Waals surface area contributed by atoms with Gasteiger partial charge in [-0.25, -0.2) is 0 Å². The largest absolute Gasteiger partial charge is 0.289 e. The molecule has 1 aromatic heterocycles. The Labute approximate surface area is 204 Å². The summed E-state index contributed by atoms with van der Waals surface area (Å²) in [7, 11) is 0. The van der Waals surface area contributed by atoms with Gasteiger partial charge in [-0.3, -0.25) is 9.59 Å². The normalized spacial score (nSPS) is 13.3. The number of aromatic nitrogens is 1. The standard InChI is InChI=1S/C31H15NO2S/c33-29-23-10-4-2-8-21(23)28-27-24(29)13-12-18(31(27)35-32-28)17-14-16-6-5-11-20-19-7-1-3-9-22(19)30(34)25(15-17)26(16)20/h1-15H. The second kappa shape index (κ2) is 6.59. The third-order valence-corrected chi connectivity index (χ3v) is 8.17. The third-order valence-electron chi connectivity index (χ3n) is 7.29. The quantitative estimate of drug-likeness (QED) is 0.252. The zero-order valence-corrected chi connectivity index (χ0v) is 19.1. The van der Waals surface area contributed by atoms with Gasteiger partial charge in [0.05, 0.1) is 10.4 Å². The summed E-state index contributed by atoms with van der Waals surface area (Å²) in [6.45, 7) is 0. The summed E-state index contributed by atoms with van der Waals surface area (Å²) >= 11 is 1.42. The smallest absolute Gasteiger partial charge is 0.194 e. The van der Waals surface area contributed by atoms with Crippen LogP contribution in [0.2, 0.25) is 0 Å². The molecule has 1 heterocycles. The SMILES string of the molecule is O=C1c2ccccc2-c2cccc3cc(-c4ccc5c6c(nsc46)-c4ccccc4C5=O)cc1c23. The van der Waals surface area contributed by atoms with Gasteiger partial charge in [0.25, 0.3) is 0 Å². The monoisotopic (exact) mass is 465 g/mol. The van der Waals surface area contributed by atoms with Crippen LogP contribution in [0.3, 0.4) is 0 Å². The Balaban J connectivity index is 1.42. The van der Waals surface area contributed by atoms with Crippen molar-refractivity contribution in [1.82, 2.24) is 4.37 Å². The molecule has 2 aliphatic rings. The highest BCUT2D eigenvalue weighted by Crippen LogP contribution is 2.46. The predicted octanol–water partition coefficient (Wildman–Crippen LogP) is 7.54. The first kappa shape index (κ1) is 19.0. The molecule has 0 atom stereocenters. The number of rotatable bonds is 1. The average Bonchev–Trinajstić information content (AvgIpc) is 3.35. The van der Waals surface area contributed by atoms with Gasteiger partial charge < -0.3 is 0 Å². The third kappa shape index (κ3) is 2.37. The van der Waals surface area contributed by atoms with Crippen molar-refractivity contribution in [1.29, 1.82) is 0 Å². The molecule has 0 amide bonds. The van der Waals surface area contributed by atoms with E-state index in [9.17, 15) is 9.59 Å². The van der Waals surface area contributed by atoms with Crippen molar-refractivity contribution in [2.75, 3.05) is 0 Å². The number of fused-ring (bicyclic) bond motifs is 4. The second-order valence-corrected chi connectivity index (χ2v) is 9.85. The highest BCUT2D eigenvalue weighted by molar-refractivity contribution is 7.14. The minimum atomic E-state index is 0.0369. The Morgan fingerprint density at radius 1 is 0.514 bits per heavy atom. The number of ketones is 2. The van der Waals surface area contributed by atoms with E-state index >= 15 is 0 Å². The molecule has 0 spiro atoms. The number of carbonyl (C=O) groups excluding carboxylic acids is 2. The molecular formula is C31H15NO2S. The Morgan fingerprint density at radius 2 is 1.17 bits per heavy atom. The maximum atomic E-state index is 13.6. The van der Waals surface area contributed by atoms with E-state index in [1.54, 1.807) is 0 Å². The maximum absolute atomic E-state index is 13.6. The molecule has 0 saturated carbocycles. The van der Waals surface area contributed by atoms with Crippen LogP contribution in [0.1, 0.15) is 31.8 Å². The van der Waals surface area contributed by atoms with Crippen LogP contribution in [0.25, 0.3) is 54.4 Å². The first-order chi connectivity index (χ1) is 17.2. The first-order valence-corrected chi connectivity index (χ1v) is 12.3. The number of benzene rings is 5. The molecule has 0 fully saturated rings. The number of nitrogens with zero attached hydrogens (tertiary/aromatic N) is 1. The lowest BCUT2D eigenvalue weighted by molar-refractivity contribution is 0.103. The summed E-state index contributed by atoms with van der Waals surface area (Å²) in [6, 6.07) is 29.8. The molecule has 0 bridgehead atoms. The first-order valence-electron chi connectivity index (χ1n) is 11.5. The molecule has 0 aliphatic heterocycles. The molecule has 4 heteroatoms. The number of hydrogen-bond donors (Lipinski definition) is 0. The van der Waals surface area contributed by atoms with E-state index in [2.05, 4.69) is 24.3 Å². The molecular weight excluding hydrogens is 450 g/mol. The molecule has 35 heavy (non-hydrogen) atoms. The summed E-state index contributed by atoms with van der Waals surface area (Å²) < 4.78 is 5.76. The zero-order valence-electron chi connectivity index (χ0n) is 18.3. The van der Waals surface area contributed by atoms with E-state index in [4.69, 9.17) is 4.37 Å². The lowest BCUT2D eigenvalue weighted by Crippen LogP contribution is -2.10. The van der Waals surface area contributed by atoms with E-state index in [1.165, 1.54) is 11.5 Å². The second-order valence-electron chi connectivity index (χ2n) is 9.07. The Morgan fingerprint density at radius 3 is 2.00 bits per heavy atom. The Bertz CT molecular complexity index is 1950. The molecule has 0 N–H and O–H groups in total. The fourth-order valence-electron chi connectivity index (χ4n) is 5.73. The maximum Gasteiger partial charge on any atom is 0.194 e. The van der Waals surface area contributed by atoms with E-state index in [0.29, 0.717) is 11.1 Å². The molecule has 3 nitrogen and oxygen atoms in total. The fourth-order valence-corrected chi connectivity index (χ4v) is 6.68. The summed E-state index contributed by atoms with van der Waals surface area (Å²) in [5.41, 5.74) is 8.65. The average molecular weight is 466 g/mol. The summed E-state index contributed by atoms with van der Waals surface area (Å²) in [6.07, 6.45) is 0.